The van der Waals surface area contributed by atoms with Crippen LogP contribution in [0, 0.1) is 5.92 Å². The summed E-state index contributed by atoms with van der Waals surface area (Å²) in [5.41, 5.74) is 1.05. The van der Waals surface area contributed by atoms with Crippen LogP contribution in [-0.4, -0.2) is 34.1 Å². The molecule has 1 spiro atoms. The molecule has 2 aromatic rings. The highest BCUT2D eigenvalue weighted by Crippen LogP contribution is 2.48. The fourth-order valence-electron chi connectivity index (χ4n) is 3.94. The molecule has 2 fully saturated rings. The number of halogens is 2. The molecule has 0 atom stereocenters. The minimum atomic E-state index is -3.97. The van der Waals surface area contributed by atoms with Crippen molar-refractivity contribution >= 4 is 44.6 Å². The minimum Gasteiger partial charge on any atom is -0.338 e. The Hall–Kier alpha value is -1.64. The van der Waals surface area contributed by atoms with Gasteiger partial charge in [-0.25, -0.2) is 8.42 Å². The average Bonchev–Trinajstić information content (AvgIpc) is 3.54. The minimum absolute atomic E-state index is 0.00337. The molecular formula is C21H19Cl2NO5S. The lowest BCUT2D eigenvalue weighted by atomic mass is 10.1. The van der Waals surface area contributed by atoms with Crippen LogP contribution in [-0.2, 0) is 29.9 Å². The molecule has 0 radical (unpaired) electrons. The van der Waals surface area contributed by atoms with Crippen molar-refractivity contribution in [3.63, 3.8) is 0 Å². The summed E-state index contributed by atoms with van der Waals surface area (Å²) < 4.78 is 38.3. The number of anilines is 1. The number of amides is 1. The number of nitrogens with zero attached hydrogens (tertiary/aromatic N) is 1. The quantitative estimate of drug-likeness (QED) is 0.674. The van der Waals surface area contributed by atoms with E-state index in [-0.39, 0.29) is 25.7 Å². The second kappa shape index (κ2) is 7.21. The second-order valence-corrected chi connectivity index (χ2v) is 10.5. The molecule has 0 N–H and O–H groups in total. The molecule has 1 amide bonds. The van der Waals surface area contributed by atoms with E-state index in [0.29, 0.717) is 43.3 Å². The van der Waals surface area contributed by atoms with E-state index in [1.807, 2.05) is 0 Å². The molecule has 5 rings (SSSR count). The molecule has 30 heavy (non-hydrogen) atoms. The first-order chi connectivity index (χ1) is 14.3. The Bertz CT molecular complexity index is 1140. The maximum absolute atomic E-state index is 13.3. The summed E-state index contributed by atoms with van der Waals surface area (Å²) in [6.07, 6.45) is 2.82. The number of rotatable bonds is 4. The first kappa shape index (κ1) is 20.3. The Morgan fingerprint density at radius 3 is 2.50 bits per heavy atom. The zero-order valence-corrected chi connectivity index (χ0v) is 18.3. The zero-order chi connectivity index (χ0) is 21.1. The van der Waals surface area contributed by atoms with Gasteiger partial charge in [0, 0.05) is 17.1 Å². The van der Waals surface area contributed by atoms with Crippen LogP contribution in [0.2, 0.25) is 10.0 Å². The maximum atomic E-state index is 13.3. The van der Waals surface area contributed by atoms with Crippen molar-refractivity contribution in [2.24, 2.45) is 5.92 Å². The average molecular weight is 468 g/mol. The van der Waals surface area contributed by atoms with Crippen molar-refractivity contribution in [1.29, 1.82) is 0 Å². The van der Waals surface area contributed by atoms with Crippen molar-refractivity contribution in [1.82, 2.24) is 0 Å². The molecule has 3 aliphatic rings. The molecule has 9 heteroatoms. The van der Waals surface area contributed by atoms with Gasteiger partial charge in [-0.3, -0.25) is 4.79 Å². The van der Waals surface area contributed by atoms with E-state index in [1.165, 1.54) is 30.3 Å². The third-order valence-electron chi connectivity index (χ3n) is 5.67. The Labute approximate surface area is 184 Å². The monoisotopic (exact) mass is 467 g/mol. The van der Waals surface area contributed by atoms with Gasteiger partial charge in [-0.15, -0.1) is 0 Å². The molecule has 6 nitrogen and oxygen atoms in total. The van der Waals surface area contributed by atoms with Gasteiger partial charge in [-0.05, 0) is 61.6 Å². The van der Waals surface area contributed by atoms with Crippen LogP contribution in [0.4, 0.5) is 5.69 Å². The molecule has 1 saturated heterocycles. The molecule has 158 valence electrons. The fourth-order valence-corrected chi connectivity index (χ4v) is 5.98. The van der Waals surface area contributed by atoms with Crippen LogP contribution in [0.15, 0.2) is 46.2 Å². The van der Waals surface area contributed by atoms with E-state index < -0.39 is 15.6 Å². The lowest BCUT2D eigenvalue weighted by Crippen LogP contribution is -2.47. The predicted molar refractivity (Wildman–Crippen MR) is 112 cm³/mol. The van der Waals surface area contributed by atoms with Crippen LogP contribution < -0.4 is 4.90 Å². The fraction of sp³-hybridized carbons (Fsp3) is 0.381. The molecule has 0 unspecified atom stereocenters. The Balaban J connectivity index is 1.64. The van der Waals surface area contributed by atoms with Gasteiger partial charge in [0.1, 0.15) is 0 Å². The van der Waals surface area contributed by atoms with E-state index in [4.69, 9.17) is 32.7 Å². The number of sulfone groups is 1. The standard InChI is InChI=1S/C21H19Cl2NO5S/c22-14-4-6-17(23)19(10-14)30(26,27)15-5-7-18-16(11-15)21(28-8-1-9-29-21)20(25)24(18)12-13-2-3-13/h4-7,10-11,13H,1-3,8-9,12H2. The van der Waals surface area contributed by atoms with E-state index in [2.05, 4.69) is 0 Å². The Morgan fingerprint density at radius 1 is 1.07 bits per heavy atom. The van der Waals surface area contributed by atoms with Gasteiger partial charge in [0.2, 0.25) is 9.84 Å². The summed E-state index contributed by atoms with van der Waals surface area (Å²) in [5, 5.41) is 0.339. The Morgan fingerprint density at radius 2 is 1.80 bits per heavy atom. The summed E-state index contributed by atoms with van der Waals surface area (Å²) in [6, 6.07) is 8.90. The van der Waals surface area contributed by atoms with Crippen molar-refractivity contribution in [3.8, 4) is 0 Å². The van der Waals surface area contributed by atoms with Gasteiger partial charge in [0.15, 0.2) is 0 Å². The molecule has 1 aliphatic carbocycles. The highest BCUT2D eigenvalue weighted by molar-refractivity contribution is 7.91. The molecular weight excluding hydrogens is 449 g/mol. The van der Waals surface area contributed by atoms with Crippen molar-refractivity contribution < 1.29 is 22.7 Å². The molecule has 2 aliphatic heterocycles. The highest BCUT2D eigenvalue weighted by Gasteiger charge is 2.55. The van der Waals surface area contributed by atoms with Crippen LogP contribution in [0.1, 0.15) is 24.8 Å². The van der Waals surface area contributed by atoms with Crippen LogP contribution in [0.25, 0.3) is 0 Å². The lowest BCUT2D eigenvalue weighted by molar-refractivity contribution is -0.256. The summed E-state index contributed by atoms with van der Waals surface area (Å²) in [7, 11) is -3.97. The van der Waals surface area contributed by atoms with Crippen LogP contribution in [0.3, 0.4) is 0 Å². The van der Waals surface area contributed by atoms with Gasteiger partial charge in [0.25, 0.3) is 11.7 Å². The smallest absolute Gasteiger partial charge is 0.292 e. The lowest BCUT2D eigenvalue weighted by Gasteiger charge is -2.32. The largest absolute Gasteiger partial charge is 0.338 e. The summed E-state index contributed by atoms with van der Waals surface area (Å²) in [5.74, 6) is -1.43. The third kappa shape index (κ3) is 3.15. The van der Waals surface area contributed by atoms with Crippen molar-refractivity contribution in [2.45, 2.75) is 34.8 Å². The Kier molecular flexibility index (Phi) is 4.87. The number of hydrogen-bond acceptors (Lipinski definition) is 5. The SMILES string of the molecule is O=C1N(CC2CC2)c2ccc(S(=O)(=O)c3cc(Cl)ccc3Cl)cc2C12OCCCO2. The van der Waals surface area contributed by atoms with E-state index >= 15 is 0 Å². The van der Waals surface area contributed by atoms with Crippen molar-refractivity contribution in [3.05, 3.63) is 52.0 Å². The summed E-state index contributed by atoms with van der Waals surface area (Å²) in [6.45, 7) is 1.30. The van der Waals surface area contributed by atoms with Gasteiger partial charge in [0.05, 0.1) is 33.7 Å². The number of hydrogen-bond donors (Lipinski definition) is 0. The number of carbonyl (C=O) groups excluding carboxylic acids is 1. The summed E-state index contributed by atoms with van der Waals surface area (Å²) >= 11 is 12.1. The number of carbonyl (C=O) groups is 1. The van der Waals surface area contributed by atoms with Gasteiger partial charge >= 0.3 is 0 Å². The van der Waals surface area contributed by atoms with Gasteiger partial charge < -0.3 is 14.4 Å². The molecule has 2 heterocycles. The second-order valence-electron chi connectivity index (χ2n) is 7.78. The molecule has 2 aromatic carbocycles. The maximum Gasteiger partial charge on any atom is 0.292 e. The predicted octanol–water partition coefficient (Wildman–Crippen LogP) is 4.17. The third-order valence-corrected chi connectivity index (χ3v) is 8.14. The van der Waals surface area contributed by atoms with Crippen molar-refractivity contribution in [2.75, 3.05) is 24.7 Å². The highest BCUT2D eigenvalue weighted by atomic mass is 35.5. The number of fused-ring (bicyclic) bond motifs is 2. The van der Waals surface area contributed by atoms with Gasteiger partial charge in [-0.1, -0.05) is 23.2 Å². The van der Waals surface area contributed by atoms with E-state index in [1.54, 1.807) is 11.0 Å². The molecule has 1 saturated carbocycles. The van der Waals surface area contributed by atoms with E-state index in [0.717, 1.165) is 12.8 Å². The normalized spacial score (nSPS) is 20.6. The zero-order valence-electron chi connectivity index (χ0n) is 15.9. The first-order valence-corrected chi connectivity index (χ1v) is 12.0. The first-order valence-electron chi connectivity index (χ1n) is 9.77. The van der Waals surface area contributed by atoms with Gasteiger partial charge in [-0.2, -0.15) is 0 Å². The van der Waals surface area contributed by atoms with Crippen LogP contribution >= 0.6 is 23.2 Å². The van der Waals surface area contributed by atoms with E-state index in [9.17, 15) is 13.2 Å². The summed E-state index contributed by atoms with van der Waals surface area (Å²) in [4.78, 5) is 14.9. The topological polar surface area (TPSA) is 72.9 Å². The number of ether oxygens (including phenoxy) is 2. The molecule has 0 bridgehead atoms. The molecule has 0 aromatic heterocycles. The van der Waals surface area contributed by atoms with Crippen LogP contribution in [0.5, 0.6) is 0 Å². The number of benzene rings is 2.